The highest BCUT2D eigenvalue weighted by Crippen LogP contribution is 2.83. The number of imide groups is 1. The Morgan fingerprint density at radius 3 is 1.70 bits per heavy atom. The van der Waals surface area contributed by atoms with Gasteiger partial charge in [0, 0.05) is 11.1 Å². The molecule has 3 nitrogen and oxygen atoms in total. The predicted molar refractivity (Wildman–Crippen MR) is 150 cm³/mol. The van der Waals surface area contributed by atoms with Crippen molar-refractivity contribution in [2.24, 2.45) is 11.8 Å². The molecule has 176 valence electrons. The molecule has 1 aromatic heterocycles. The number of fused-ring (bicyclic) bond motifs is 8. The lowest BCUT2D eigenvalue weighted by atomic mass is 9.78. The second-order valence-corrected chi connectivity index (χ2v) is 17.0. The van der Waals surface area contributed by atoms with E-state index in [0.717, 1.165) is 23.0 Å². The molecule has 33 heavy (non-hydrogen) atoms. The van der Waals surface area contributed by atoms with Gasteiger partial charge in [-0.1, -0.05) is 45.9 Å². The molecule has 0 aliphatic carbocycles. The van der Waals surface area contributed by atoms with E-state index in [1.165, 1.54) is 24.4 Å². The van der Waals surface area contributed by atoms with Crippen LogP contribution in [0.5, 0.6) is 0 Å². The Balaban J connectivity index is 1.76. The number of carbonyl (C=O) groups is 2. The Hall–Kier alpha value is -0.190. The molecule has 2 aromatic rings. The Kier molecular flexibility index (Phi) is 6.95. The van der Waals surface area contributed by atoms with Gasteiger partial charge >= 0.3 is 0 Å². The maximum absolute atomic E-state index is 14.1. The number of thiophene rings is 1. The Morgan fingerprint density at radius 2 is 1.27 bits per heavy atom. The minimum Gasteiger partial charge on any atom is -0.274 e. The lowest BCUT2D eigenvalue weighted by Gasteiger charge is -2.34. The Labute approximate surface area is 221 Å². The van der Waals surface area contributed by atoms with E-state index in [4.69, 9.17) is 0 Å². The summed E-state index contributed by atoms with van der Waals surface area (Å²) in [5, 5.41) is 0. The highest BCUT2D eigenvalue weighted by molar-refractivity contribution is 8.25. The van der Waals surface area contributed by atoms with E-state index in [0.29, 0.717) is 5.69 Å². The van der Waals surface area contributed by atoms with Crippen LogP contribution in [0.15, 0.2) is 38.8 Å². The summed E-state index contributed by atoms with van der Waals surface area (Å²) in [6.07, 6.45) is 0. The molecule has 3 aliphatic heterocycles. The van der Waals surface area contributed by atoms with Gasteiger partial charge in [0.05, 0.1) is 25.9 Å². The van der Waals surface area contributed by atoms with Crippen LogP contribution in [0.3, 0.4) is 0 Å². The molecule has 0 radical (unpaired) electrons. The number of nitrogens with zero attached hydrogens (tertiary/aromatic N) is 1. The number of para-hydroxylation sites is 1. The lowest BCUT2D eigenvalue weighted by molar-refractivity contribution is -0.122. The van der Waals surface area contributed by atoms with E-state index in [2.05, 4.69) is 27.7 Å². The number of carbonyl (C=O) groups excluding carboxylic acids is 2. The molecule has 0 N–H and O–H groups in total. The summed E-state index contributed by atoms with van der Waals surface area (Å²) in [5.74, 6) is 3.16. The molecule has 2 fully saturated rings. The predicted octanol–water partition coefficient (Wildman–Crippen LogP) is 7.35. The molecule has 2 saturated heterocycles. The van der Waals surface area contributed by atoms with Gasteiger partial charge in [-0.2, -0.15) is 0 Å². The van der Waals surface area contributed by atoms with E-state index in [1.54, 1.807) is 0 Å². The fraction of sp³-hybridized carbons (Fsp3) is 0.500. The summed E-state index contributed by atoms with van der Waals surface area (Å²) in [7, 11) is 0. The fourth-order valence-electron chi connectivity index (χ4n) is 5.33. The van der Waals surface area contributed by atoms with Crippen molar-refractivity contribution in [2.75, 3.05) is 27.9 Å². The van der Waals surface area contributed by atoms with Crippen LogP contribution in [-0.4, -0.2) is 34.8 Å². The van der Waals surface area contributed by atoms with Gasteiger partial charge in [-0.05, 0) is 35.1 Å². The summed E-state index contributed by atoms with van der Waals surface area (Å²) < 4.78 is 1.92. The van der Waals surface area contributed by atoms with Gasteiger partial charge in [-0.25, -0.2) is 4.90 Å². The van der Waals surface area contributed by atoms with Crippen LogP contribution in [0.4, 0.5) is 5.69 Å². The largest absolute Gasteiger partial charge is 0.274 e. The minimum absolute atomic E-state index is 0.0165. The number of anilines is 1. The standard InChI is InChI=1S/C24H27NO2S6/c1-5-28-21-17-18(22(32-21)29-6-2)24(31-8-4)16-15(23(17,33-24)30-7-3)19(26)25(20(16)27)14-12-10-9-11-13-14/h9-13,15-16H,5-8H2,1-4H3/t15-,16+,23-,24+. The molecular formula is C24H27NO2S6. The summed E-state index contributed by atoms with van der Waals surface area (Å²) in [6.45, 7) is 8.75. The zero-order valence-electron chi connectivity index (χ0n) is 19.1. The number of amides is 2. The van der Waals surface area contributed by atoms with E-state index < -0.39 is 8.16 Å². The summed E-state index contributed by atoms with van der Waals surface area (Å²) in [5.41, 5.74) is 3.43. The van der Waals surface area contributed by atoms with Gasteiger partial charge in [-0.3, -0.25) is 9.59 Å². The molecule has 0 spiro atoms. The van der Waals surface area contributed by atoms with Gasteiger partial charge in [0.25, 0.3) is 0 Å². The third-order valence-electron chi connectivity index (χ3n) is 6.25. The topological polar surface area (TPSA) is 37.4 Å². The smallest absolute Gasteiger partial charge is 0.240 e. The average molecular weight is 554 g/mol. The Morgan fingerprint density at radius 1 is 0.788 bits per heavy atom. The molecule has 1 aromatic carbocycles. The molecule has 5 rings (SSSR count). The fourth-order valence-corrected chi connectivity index (χ4v) is 16.2. The van der Waals surface area contributed by atoms with Crippen LogP contribution in [-0.2, 0) is 17.7 Å². The molecule has 3 aliphatic rings. The van der Waals surface area contributed by atoms with E-state index in [9.17, 15) is 9.59 Å². The van der Waals surface area contributed by atoms with Crippen molar-refractivity contribution in [1.29, 1.82) is 0 Å². The van der Waals surface area contributed by atoms with Crippen LogP contribution in [0, 0.1) is 11.8 Å². The molecule has 2 bridgehead atoms. The highest BCUT2D eigenvalue weighted by atomic mass is 32.2. The first kappa shape index (κ1) is 24.5. The van der Waals surface area contributed by atoms with Gasteiger partial charge in [0.15, 0.2) is 0 Å². The molecule has 0 unspecified atom stereocenters. The number of benzene rings is 1. The molecule has 9 heteroatoms. The van der Waals surface area contributed by atoms with Gasteiger partial charge in [0.2, 0.25) is 11.8 Å². The lowest BCUT2D eigenvalue weighted by Crippen LogP contribution is -2.38. The van der Waals surface area contributed by atoms with Crippen molar-refractivity contribution < 1.29 is 9.59 Å². The second-order valence-electron chi connectivity index (χ2n) is 7.90. The first-order valence-corrected chi connectivity index (χ1v) is 16.9. The van der Waals surface area contributed by atoms with Gasteiger partial charge in [0.1, 0.15) is 8.16 Å². The van der Waals surface area contributed by atoms with Crippen molar-refractivity contribution in [3.63, 3.8) is 0 Å². The van der Waals surface area contributed by atoms with Crippen LogP contribution in [0.2, 0.25) is 0 Å². The van der Waals surface area contributed by atoms with Crippen molar-refractivity contribution in [1.82, 2.24) is 0 Å². The zero-order valence-corrected chi connectivity index (χ0v) is 24.0. The van der Waals surface area contributed by atoms with Gasteiger partial charge in [-0.15, -0.1) is 70.1 Å². The van der Waals surface area contributed by atoms with Crippen LogP contribution in [0.1, 0.15) is 38.8 Å². The molecular weight excluding hydrogens is 527 g/mol. The van der Waals surface area contributed by atoms with E-state index >= 15 is 0 Å². The van der Waals surface area contributed by atoms with E-state index in [-0.39, 0.29) is 23.7 Å². The average Bonchev–Trinajstić information content (AvgIpc) is 3.47. The quantitative estimate of drug-likeness (QED) is 0.237. The number of thioether (sulfide) groups is 5. The van der Waals surface area contributed by atoms with Crippen molar-refractivity contribution in [2.45, 2.75) is 44.3 Å². The highest BCUT2D eigenvalue weighted by Gasteiger charge is 2.78. The SMILES string of the molecule is CCSc1sc(SCC)c2c1[C@@]1(SCC)S[C@]2(SCC)[C@H]2C(=O)N(c3ccccc3)C(=O)[C@H]21. The van der Waals surface area contributed by atoms with Crippen LogP contribution in [0.25, 0.3) is 0 Å². The first-order chi connectivity index (χ1) is 16.0. The number of hydrogen-bond donors (Lipinski definition) is 0. The summed E-state index contributed by atoms with van der Waals surface area (Å²) >= 11 is 11.4. The third kappa shape index (κ3) is 3.35. The Bertz CT molecular complexity index is 1030. The first-order valence-electron chi connectivity index (χ1n) is 11.3. The van der Waals surface area contributed by atoms with E-state index in [1.807, 2.05) is 100 Å². The maximum Gasteiger partial charge on any atom is 0.240 e. The zero-order chi connectivity index (χ0) is 23.4. The molecule has 4 heterocycles. The monoisotopic (exact) mass is 553 g/mol. The van der Waals surface area contributed by atoms with Crippen LogP contribution >= 0.6 is 70.1 Å². The van der Waals surface area contributed by atoms with Crippen molar-refractivity contribution in [3.05, 3.63) is 41.5 Å². The molecule has 4 atom stereocenters. The van der Waals surface area contributed by atoms with Crippen LogP contribution < -0.4 is 4.90 Å². The minimum atomic E-state index is -0.395. The number of rotatable bonds is 9. The molecule has 2 amide bonds. The summed E-state index contributed by atoms with van der Waals surface area (Å²) in [6, 6.07) is 9.51. The van der Waals surface area contributed by atoms with Gasteiger partial charge < -0.3 is 0 Å². The second kappa shape index (κ2) is 9.36. The normalized spacial score (nSPS) is 29.8. The summed E-state index contributed by atoms with van der Waals surface area (Å²) in [4.78, 5) is 29.7. The maximum atomic E-state index is 14.1. The van der Waals surface area contributed by atoms with Crippen molar-refractivity contribution >= 4 is 87.6 Å². The number of hydrogen-bond acceptors (Lipinski definition) is 8. The molecule has 0 saturated carbocycles. The van der Waals surface area contributed by atoms with Crippen molar-refractivity contribution in [3.8, 4) is 0 Å². The third-order valence-corrected chi connectivity index (χ3v) is 14.8.